The van der Waals surface area contributed by atoms with Gasteiger partial charge in [0.15, 0.2) is 5.76 Å². The van der Waals surface area contributed by atoms with Gasteiger partial charge in [0.2, 0.25) is 0 Å². The summed E-state index contributed by atoms with van der Waals surface area (Å²) >= 11 is 0. The number of anilines is 1. The van der Waals surface area contributed by atoms with Crippen LogP contribution in [0.5, 0.6) is 0 Å². The van der Waals surface area contributed by atoms with E-state index in [2.05, 4.69) is 16.2 Å². The van der Waals surface area contributed by atoms with Crippen LogP contribution in [0.4, 0.5) is 5.69 Å². The second-order valence-corrected chi connectivity index (χ2v) is 6.23. The average molecular weight is 351 g/mol. The number of para-hydroxylation sites is 1. The van der Waals surface area contributed by atoms with E-state index in [4.69, 9.17) is 4.42 Å². The summed E-state index contributed by atoms with van der Waals surface area (Å²) in [5.74, 6) is -0.653. The van der Waals surface area contributed by atoms with Crippen molar-refractivity contribution in [3.8, 4) is 0 Å². The van der Waals surface area contributed by atoms with Crippen LogP contribution in [-0.4, -0.2) is 18.4 Å². The first-order valence-corrected chi connectivity index (χ1v) is 8.34. The summed E-state index contributed by atoms with van der Waals surface area (Å²) < 4.78 is 5.57. The zero-order valence-electron chi connectivity index (χ0n) is 15.0. The molecular formula is C20H21N3O3. The molecule has 2 amide bonds. The van der Waals surface area contributed by atoms with E-state index >= 15 is 0 Å². The lowest BCUT2D eigenvalue weighted by Gasteiger charge is -2.11. The third kappa shape index (κ3) is 3.69. The molecule has 0 saturated heterocycles. The SMILES string of the molecule is Cc1ccc(NCC(=O)NNC(=O)c2oc3ccccc3c2C)c(C)c1. The zero-order chi connectivity index (χ0) is 18.7. The van der Waals surface area contributed by atoms with Gasteiger partial charge in [-0.25, -0.2) is 0 Å². The standard InChI is InChI=1S/C20H21N3O3/c1-12-8-9-16(13(2)10-12)21-11-18(24)22-23-20(25)19-14(3)15-6-4-5-7-17(15)26-19/h4-10,21H,11H2,1-3H3,(H,22,24)(H,23,25). The molecule has 3 aromatic rings. The average Bonchev–Trinajstić information content (AvgIpc) is 2.96. The van der Waals surface area contributed by atoms with E-state index in [-0.39, 0.29) is 18.2 Å². The molecule has 134 valence electrons. The smallest absolute Gasteiger partial charge is 0.305 e. The summed E-state index contributed by atoms with van der Waals surface area (Å²) in [5, 5.41) is 3.92. The van der Waals surface area contributed by atoms with Gasteiger partial charge in [0.1, 0.15) is 5.58 Å². The van der Waals surface area contributed by atoms with Crippen molar-refractivity contribution in [2.75, 3.05) is 11.9 Å². The second-order valence-electron chi connectivity index (χ2n) is 6.23. The van der Waals surface area contributed by atoms with Gasteiger partial charge in [0, 0.05) is 16.6 Å². The minimum absolute atomic E-state index is 0.0449. The van der Waals surface area contributed by atoms with Crippen LogP contribution in [-0.2, 0) is 4.79 Å². The summed E-state index contributed by atoms with van der Waals surface area (Å²) in [6, 6.07) is 13.3. The Hall–Kier alpha value is -3.28. The number of amides is 2. The molecule has 6 nitrogen and oxygen atoms in total. The third-order valence-corrected chi connectivity index (χ3v) is 4.19. The molecule has 0 fully saturated rings. The lowest BCUT2D eigenvalue weighted by molar-refractivity contribution is -0.120. The maximum Gasteiger partial charge on any atom is 0.305 e. The van der Waals surface area contributed by atoms with Crippen LogP contribution in [0.1, 0.15) is 27.2 Å². The van der Waals surface area contributed by atoms with E-state index < -0.39 is 5.91 Å². The van der Waals surface area contributed by atoms with Crippen molar-refractivity contribution in [3.63, 3.8) is 0 Å². The molecule has 0 aliphatic rings. The van der Waals surface area contributed by atoms with Crippen LogP contribution < -0.4 is 16.2 Å². The third-order valence-electron chi connectivity index (χ3n) is 4.19. The predicted octanol–water partition coefficient (Wildman–Crippen LogP) is 3.23. The van der Waals surface area contributed by atoms with Crippen molar-refractivity contribution < 1.29 is 14.0 Å². The minimum atomic E-state index is -0.487. The first kappa shape index (κ1) is 17.5. The topological polar surface area (TPSA) is 83.4 Å². The first-order chi connectivity index (χ1) is 12.5. The number of carbonyl (C=O) groups excluding carboxylic acids is 2. The molecule has 0 atom stereocenters. The highest BCUT2D eigenvalue weighted by Gasteiger charge is 2.17. The van der Waals surface area contributed by atoms with Gasteiger partial charge in [-0.3, -0.25) is 20.4 Å². The van der Waals surface area contributed by atoms with Crippen molar-refractivity contribution in [3.05, 3.63) is 64.9 Å². The molecule has 3 N–H and O–H groups in total. The summed E-state index contributed by atoms with van der Waals surface area (Å²) in [7, 11) is 0. The normalized spacial score (nSPS) is 10.6. The Balaban J connectivity index is 1.56. The summed E-state index contributed by atoms with van der Waals surface area (Å²) in [5.41, 5.74) is 9.25. The largest absolute Gasteiger partial charge is 0.451 e. The number of benzene rings is 2. The second kappa shape index (κ2) is 7.31. The highest BCUT2D eigenvalue weighted by Crippen LogP contribution is 2.24. The fourth-order valence-corrected chi connectivity index (χ4v) is 2.81. The maximum atomic E-state index is 12.3. The van der Waals surface area contributed by atoms with Gasteiger partial charge < -0.3 is 9.73 Å². The molecule has 0 saturated carbocycles. The van der Waals surface area contributed by atoms with Gasteiger partial charge in [-0.2, -0.15) is 0 Å². The van der Waals surface area contributed by atoms with Gasteiger partial charge in [-0.05, 0) is 38.5 Å². The van der Waals surface area contributed by atoms with E-state index in [1.807, 2.05) is 57.2 Å². The summed E-state index contributed by atoms with van der Waals surface area (Å²) in [6.45, 7) is 5.84. The van der Waals surface area contributed by atoms with E-state index in [1.54, 1.807) is 6.07 Å². The molecule has 0 aliphatic heterocycles. The molecule has 1 heterocycles. The Labute approximate surface area is 151 Å². The van der Waals surface area contributed by atoms with Crippen LogP contribution in [0.3, 0.4) is 0 Å². The van der Waals surface area contributed by atoms with Crippen molar-refractivity contribution in [2.24, 2.45) is 0 Å². The molecule has 0 spiro atoms. The van der Waals surface area contributed by atoms with E-state index in [1.165, 1.54) is 0 Å². The number of fused-ring (bicyclic) bond motifs is 1. The Bertz CT molecular complexity index is 976. The molecule has 6 heteroatoms. The van der Waals surface area contributed by atoms with Crippen LogP contribution in [0, 0.1) is 20.8 Å². The number of nitrogens with one attached hydrogen (secondary N) is 3. The number of rotatable bonds is 4. The Morgan fingerprint density at radius 1 is 1.00 bits per heavy atom. The first-order valence-electron chi connectivity index (χ1n) is 8.34. The van der Waals surface area contributed by atoms with Crippen LogP contribution in [0.15, 0.2) is 46.9 Å². The fraction of sp³-hybridized carbons (Fsp3) is 0.200. The Kier molecular flexibility index (Phi) is 4.93. The quantitative estimate of drug-likeness (QED) is 0.630. The molecule has 2 aromatic carbocycles. The van der Waals surface area contributed by atoms with Gasteiger partial charge in [-0.1, -0.05) is 35.9 Å². The number of carbonyl (C=O) groups is 2. The van der Waals surface area contributed by atoms with Crippen LogP contribution in [0.25, 0.3) is 11.0 Å². The Morgan fingerprint density at radius 2 is 1.77 bits per heavy atom. The van der Waals surface area contributed by atoms with Gasteiger partial charge in [0.25, 0.3) is 5.91 Å². The minimum Gasteiger partial charge on any atom is -0.451 e. The van der Waals surface area contributed by atoms with E-state index in [9.17, 15) is 9.59 Å². The fourth-order valence-electron chi connectivity index (χ4n) is 2.81. The van der Waals surface area contributed by atoms with Crippen molar-refractivity contribution in [1.82, 2.24) is 10.9 Å². The van der Waals surface area contributed by atoms with Crippen molar-refractivity contribution in [2.45, 2.75) is 20.8 Å². The molecule has 0 unspecified atom stereocenters. The molecule has 0 bridgehead atoms. The van der Waals surface area contributed by atoms with E-state index in [0.29, 0.717) is 5.58 Å². The number of hydrazine groups is 1. The van der Waals surface area contributed by atoms with E-state index in [0.717, 1.165) is 27.8 Å². The number of hydrogen-bond donors (Lipinski definition) is 3. The predicted molar refractivity (Wildman–Crippen MR) is 101 cm³/mol. The lowest BCUT2D eigenvalue weighted by atomic mass is 10.1. The van der Waals surface area contributed by atoms with Crippen molar-refractivity contribution in [1.29, 1.82) is 0 Å². The summed E-state index contributed by atoms with van der Waals surface area (Å²) in [4.78, 5) is 24.2. The molecule has 3 rings (SSSR count). The number of furan rings is 1. The Morgan fingerprint density at radius 3 is 2.50 bits per heavy atom. The molecule has 0 radical (unpaired) electrons. The number of aryl methyl sites for hydroxylation is 3. The van der Waals surface area contributed by atoms with Crippen LogP contribution in [0.2, 0.25) is 0 Å². The van der Waals surface area contributed by atoms with Gasteiger partial charge in [0.05, 0.1) is 6.54 Å². The monoisotopic (exact) mass is 351 g/mol. The van der Waals surface area contributed by atoms with Crippen LogP contribution >= 0.6 is 0 Å². The highest BCUT2D eigenvalue weighted by atomic mass is 16.3. The van der Waals surface area contributed by atoms with Gasteiger partial charge >= 0.3 is 5.91 Å². The highest BCUT2D eigenvalue weighted by molar-refractivity contribution is 5.99. The van der Waals surface area contributed by atoms with Gasteiger partial charge in [-0.15, -0.1) is 0 Å². The molecule has 1 aromatic heterocycles. The zero-order valence-corrected chi connectivity index (χ0v) is 15.0. The van der Waals surface area contributed by atoms with Crippen molar-refractivity contribution >= 4 is 28.5 Å². The maximum absolute atomic E-state index is 12.3. The summed E-state index contributed by atoms with van der Waals surface area (Å²) in [6.07, 6.45) is 0. The lowest BCUT2D eigenvalue weighted by Crippen LogP contribution is -2.44. The molecular weight excluding hydrogens is 330 g/mol. The molecule has 26 heavy (non-hydrogen) atoms. The molecule has 0 aliphatic carbocycles. The number of hydrogen-bond acceptors (Lipinski definition) is 4.